The number of halogens is 1. The molecule has 34 heavy (non-hydrogen) atoms. The molecule has 0 saturated carbocycles. The van der Waals surface area contributed by atoms with Gasteiger partial charge in [0.25, 0.3) is 0 Å². The first-order chi connectivity index (χ1) is 16.6. The van der Waals surface area contributed by atoms with Gasteiger partial charge in [-0.2, -0.15) is 10.2 Å². The van der Waals surface area contributed by atoms with Crippen molar-refractivity contribution >= 4 is 27.9 Å². The molecule has 0 amide bonds. The van der Waals surface area contributed by atoms with Crippen LogP contribution in [0.2, 0.25) is 0 Å². The molecule has 0 unspecified atom stereocenters. The molecule has 0 radical (unpaired) electrons. The van der Waals surface area contributed by atoms with Gasteiger partial charge in [-0.05, 0) is 53.9 Å². The van der Waals surface area contributed by atoms with Crippen LogP contribution in [0.1, 0.15) is 17.5 Å². The van der Waals surface area contributed by atoms with E-state index in [1.807, 2.05) is 45.9 Å². The quantitative estimate of drug-likeness (QED) is 0.406. The van der Waals surface area contributed by atoms with Crippen molar-refractivity contribution in [1.29, 1.82) is 0 Å². The van der Waals surface area contributed by atoms with Gasteiger partial charge in [0.1, 0.15) is 17.7 Å². The van der Waals surface area contributed by atoms with E-state index in [0.29, 0.717) is 13.1 Å². The Morgan fingerprint density at radius 2 is 2.03 bits per heavy atom. The zero-order valence-corrected chi connectivity index (χ0v) is 18.5. The number of aromatic nitrogens is 5. The van der Waals surface area contributed by atoms with Crippen LogP contribution in [0.5, 0.6) is 0 Å². The molecule has 5 aromatic rings. The highest BCUT2D eigenvalue weighted by Gasteiger charge is 2.22. The van der Waals surface area contributed by atoms with Gasteiger partial charge in [0.2, 0.25) is 0 Å². The van der Waals surface area contributed by atoms with Crippen LogP contribution in [0.15, 0.2) is 67.3 Å². The number of hydrogen-bond donors (Lipinski definition) is 2. The lowest BCUT2D eigenvalue weighted by Crippen LogP contribution is -2.21. The second-order valence-electron chi connectivity index (χ2n) is 8.75. The third-order valence-electron chi connectivity index (χ3n) is 6.30. The van der Waals surface area contributed by atoms with Gasteiger partial charge >= 0.3 is 0 Å². The van der Waals surface area contributed by atoms with E-state index in [0.717, 1.165) is 58.6 Å². The van der Waals surface area contributed by atoms with Crippen molar-refractivity contribution in [1.82, 2.24) is 29.3 Å². The number of nitrogens with zero attached hydrogens (tertiary/aromatic N) is 6. The first-order valence-electron chi connectivity index (χ1n) is 11.3. The highest BCUT2D eigenvalue weighted by molar-refractivity contribution is 5.85. The molecule has 1 saturated heterocycles. The highest BCUT2D eigenvalue weighted by atomic mass is 19.1. The number of fused-ring (bicyclic) bond motifs is 2. The van der Waals surface area contributed by atoms with E-state index in [-0.39, 0.29) is 11.9 Å². The number of anilines is 2. The lowest BCUT2D eigenvalue weighted by molar-refractivity contribution is 0.175. The Balaban J connectivity index is 1.27. The number of benzene rings is 2. The van der Waals surface area contributed by atoms with E-state index in [1.54, 1.807) is 6.07 Å². The van der Waals surface area contributed by atoms with Crippen molar-refractivity contribution in [2.75, 3.05) is 18.4 Å². The normalized spacial score (nSPS) is 16.6. The Morgan fingerprint density at radius 1 is 1.09 bits per heavy atom. The molecule has 4 heterocycles. The molecule has 9 heteroatoms. The number of hydrogen-bond acceptors (Lipinski definition) is 6. The first kappa shape index (κ1) is 20.8. The summed E-state index contributed by atoms with van der Waals surface area (Å²) in [5.74, 6) is 0.475. The number of nitrogens with one attached hydrogen (secondary N) is 1. The van der Waals surface area contributed by atoms with Crippen molar-refractivity contribution in [3.05, 3.63) is 84.2 Å². The minimum absolute atomic E-state index is 0.248. The van der Waals surface area contributed by atoms with Gasteiger partial charge in [0.05, 0.1) is 24.4 Å². The SMILES string of the molecule is O[C@@H]1CCN(Cc2ccn3ncnc(Nc4ccc5c(cnn5Cc5cccc(F)c5)c4)c23)C1. The minimum Gasteiger partial charge on any atom is -0.392 e. The van der Waals surface area contributed by atoms with Crippen LogP contribution in [-0.4, -0.2) is 53.6 Å². The second-order valence-corrected chi connectivity index (χ2v) is 8.75. The molecular formula is C25H24FN7O. The maximum absolute atomic E-state index is 13.6. The Hall–Kier alpha value is -3.82. The second kappa shape index (κ2) is 8.51. The Morgan fingerprint density at radius 3 is 2.88 bits per heavy atom. The van der Waals surface area contributed by atoms with Crippen LogP contribution in [-0.2, 0) is 13.1 Å². The van der Waals surface area contributed by atoms with Gasteiger partial charge in [-0.15, -0.1) is 0 Å². The topological polar surface area (TPSA) is 83.5 Å². The van der Waals surface area contributed by atoms with Crippen molar-refractivity contribution in [2.24, 2.45) is 0 Å². The lowest BCUT2D eigenvalue weighted by Gasteiger charge is -2.15. The van der Waals surface area contributed by atoms with Crippen LogP contribution >= 0.6 is 0 Å². The van der Waals surface area contributed by atoms with E-state index in [4.69, 9.17) is 0 Å². The van der Waals surface area contributed by atoms with Crippen LogP contribution in [0, 0.1) is 5.82 Å². The summed E-state index contributed by atoms with van der Waals surface area (Å²) in [6.45, 7) is 2.80. The summed E-state index contributed by atoms with van der Waals surface area (Å²) in [7, 11) is 0. The van der Waals surface area contributed by atoms with Gasteiger partial charge in [-0.3, -0.25) is 9.58 Å². The zero-order valence-electron chi connectivity index (χ0n) is 18.5. The van der Waals surface area contributed by atoms with Gasteiger partial charge in [-0.1, -0.05) is 12.1 Å². The number of rotatable bonds is 6. The fourth-order valence-electron chi connectivity index (χ4n) is 4.67. The van der Waals surface area contributed by atoms with Gasteiger partial charge in [0.15, 0.2) is 5.82 Å². The Labute approximate surface area is 195 Å². The molecule has 0 aliphatic carbocycles. The molecule has 6 rings (SSSR count). The summed E-state index contributed by atoms with van der Waals surface area (Å²) in [4.78, 5) is 6.75. The molecule has 1 fully saturated rings. The van der Waals surface area contributed by atoms with Gasteiger partial charge in [0, 0.05) is 36.9 Å². The summed E-state index contributed by atoms with van der Waals surface area (Å²) >= 11 is 0. The average Bonchev–Trinajstić information content (AvgIpc) is 3.54. The standard InChI is InChI=1S/C25H24FN7O/c26-20-3-1-2-17(10-20)13-33-23-5-4-21(11-19(23)12-28-33)30-25-24-18(6-9-32(24)29-16-27-25)14-31-8-7-22(34)15-31/h1-6,9-12,16,22,34H,7-8,13-15H2,(H,27,29,30)/t22-/m1/s1. The van der Waals surface area contributed by atoms with Crippen LogP contribution in [0.3, 0.4) is 0 Å². The number of β-amino-alcohol motifs (C(OH)–C–C–N with tert-alkyl or cyclic N) is 1. The van der Waals surface area contributed by atoms with Crippen LogP contribution in [0.25, 0.3) is 16.4 Å². The van der Waals surface area contributed by atoms with E-state index in [9.17, 15) is 9.50 Å². The third kappa shape index (κ3) is 4.00. The molecule has 1 aliphatic heterocycles. The largest absolute Gasteiger partial charge is 0.392 e. The van der Waals surface area contributed by atoms with Gasteiger partial charge < -0.3 is 10.4 Å². The molecule has 172 valence electrons. The molecule has 0 spiro atoms. The number of aliphatic hydroxyl groups excluding tert-OH is 1. The maximum atomic E-state index is 13.6. The number of likely N-dealkylation sites (tertiary alicyclic amines) is 1. The van der Waals surface area contributed by atoms with E-state index >= 15 is 0 Å². The van der Waals surface area contributed by atoms with E-state index < -0.39 is 0 Å². The fourth-order valence-corrected chi connectivity index (χ4v) is 4.67. The molecule has 8 nitrogen and oxygen atoms in total. The first-order valence-corrected chi connectivity index (χ1v) is 11.3. The molecular weight excluding hydrogens is 433 g/mol. The molecule has 3 aromatic heterocycles. The molecule has 1 atom stereocenters. The van der Waals surface area contributed by atoms with Crippen molar-refractivity contribution in [2.45, 2.75) is 25.6 Å². The summed E-state index contributed by atoms with van der Waals surface area (Å²) in [6.07, 6.45) is 5.84. The molecule has 2 aromatic carbocycles. The smallest absolute Gasteiger partial charge is 0.158 e. The third-order valence-corrected chi connectivity index (χ3v) is 6.30. The van der Waals surface area contributed by atoms with Gasteiger partial charge in [-0.25, -0.2) is 13.9 Å². The summed E-state index contributed by atoms with van der Waals surface area (Å²) < 4.78 is 17.2. The zero-order chi connectivity index (χ0) is 23.1. The molecule has 2 N–H and O–H groups in total. The summed E-state index contributed by atoms with van der Waals surface area (Å²) in [6, 6.07) is 14.7. The van der Waals surface area contributed by atoms with Crippen molar-refractivity contribution in [3.8, 4) is 0 Å². The van der Waals surface area contributed by atoms with Crippen molar-refractivity contribution in [3.63, 3.8) is 0 Å². The monoisotopic (exact) mass is 457 g/mol. The number of aliphatic hydroxyl groups is 1. The predicted octanol–water partition coefficient (Wildman–Crippen LogP) is 3.58. The van der Waals surface area contributed by atoms with Crippen molar-refractivity contribution < 1.29 is 9.50 Å². The fraction of sp³-hybridized carbons (Fsp3) is 0.240. The Kier molecular flexibility index (Phi) is 5.20. The maximum Gasteiger partial charge on any atom is 0.158 e. The Bertz CT molecular complexity index is 1480. The average molecular weight is 458 g/mol. The summed E-state index contributed by atoms with van der Waals surface area (Å²) in [5.41, 5.74) is 4.76. The van der Waals surface area contributed by atoms with Crippen LogP contribution < -0.4 is 5.32 Å². The summed E-state index contributed by atoms with van der Waals surface area (Å²) in [5, 5.41) is 23.1. The highest BCUT2D eigenvalue weighted by Crippen LogP contribution is 2.27. The van der Waals surface area contributed by atoms with E-state index in [2.05, 4.69) is 31.5 Å². The lowest BCUT2D eigenvalue weighted by atomic mass is 10.2. The minimum atomic E-state index is -0.253. The molecule has 0 bridgehead atoms. The van der Waals surface area contributed by atoms with Crippen LogP contribution in [0.4, 0.5) is 15.9 Å². The molecule has 1 aliphatic rings. The predicted molar refractivity (Wildman–Crippen MR) is 127 cm³/mol. The van der Waals surface area contributed by atoms with E-state index in [1.165, 1.54) is 18.5 Å².